The second-order valence-corrected chi connectivity index (χ2v) is 7.37. The number of hydrogen-bond acceptors (Lipinski definition) is 4. The van der Waals surface area contributed by atoms with Crippen LogP contribution in [0.15, 0.2) is 47.8 Å². The highest BCUT2D eigenvalue weighted by Gasteiger charge is 2.32. The van der Waals surface area contributed by atoms with E-state index in [-0.39, 0.29) is 11.8 Å². The number of aromatic nitrogens is 2. The van der Waals surface area contributed by atoms with Gasteiger partial charge in [0.2, 0.25) is 0 Å². The Bertz CT molecular complexity index is 943. The molecule has 3 heterocycles. The van der Waals surface area contributed by atoms with Crippen LogP contribution in [-0.2, 0) is 11.0 Å². The van der Waals surface area contributed by atoms with Gasteiger partial charge in [0.1, 0.15) is 5.69 Å². The summed E-state index contributed by atoms with van der Waals surface area (Å²) >= 11 is 0. The monoisotopic (exact) mass is 401 g/mol. The Labute approximate surface area is 167 Å². The Morgan fingerprint density at radius 1 is 0.966 bits per heavy atom. The molecule has 0 aliphatic carbocycles. The quantitative estimate of drug-likeness (QED) is 0.707. The molecule has 0 spiro atoms. The van der Waals surface area contributed by atoms with E-state index in [2.05, 4.69) is 14.9 Å². The van der Waals surface area contributed by atoms with E-state index in [0.717, 1.165) is 23.5 Å². The minimum Gasteiger partial charge on any atom is -0.292 e. The van der Waals surface area contributed by atoms with E-state index in [1.54, 1.807) is 12.3 Å². The molecule has 0 aromatic carbocycles. The minimum absolute atomic E-state index is 0.109. The summed E-state index contributed by atoms with van der Waals surface area (Å²) in [6.45, 7) is 6.91. The average Bonchev–Trinajstić information content (AvgIpc) is 2.66. The lowest BCUT2D eigenvalue weighted by atomic mass is 9.94. The first-order chi connectivity index (χ1) is 13.6. The molecule has 0 N–H and O–H groups in total. The van der Waals surface area contributed by atoms with Crippen molar-refractivity contribution in [1.29, 1.82) is 0 Å². The number of piperidine rings is 1. The van der Waals surface area contributed by atoms with Gasteiger partial charge in [0.25, 0.3) is 0 Å². The van der Waals surface area contributed by atoms with Crippen molar-refractivity contribution in [2.24, 2.45) is 0 Å². The third-order valence-electron chi connectivity index (χ3n) is 4.75. The van der Waals surface area contributed by atoms with Gasteiger partial charge < -0.3 is 0 Å². The highest BCUT2D eigenvalue weighted by molar-refractivity contribution is 6.14. The van der Waals surface area contributed by atoms with Crippen LogP contribution in [0.2, 0.25) is 0 Å². The van der Waals surface area contributed by atoms with E-state index in [1.807, 2.05) is 39.0 Å². The number of carbonyl (C=O) groups is 1. The van der Waals surface area contributed by atoms with E-state index in [9.17, 15) is 18.0 Å². The Morgan fingerprint density at radius 3 is 1.93 bits per heavy atom. The maximum atomic E-state index is 13.0. The first-order valence-corrected chi connectivity index (χ1v) is 9.29. The van der Waals surface area contributed by atoms with Crippen LogP contribution < -0.4 is 0 Å². The molecule has 3 rings (SSSR count). The number of likely N-dealkylation sites (tertiary alicyclic amines) is 1. The summed E-state index contributed by atoms with van der Waals surface area (Å²) in [7, 11) is 0. The topological polar surface area (TPSA) is 46.1 Å². The van der Waals surface area contributed by atoms with Crippen LogP contribution in [-0.4, -0.2) is 39.8 Å². The van der Waals surface area contributed by atoms with Gasteiger partial charge in [0.15, 0.2) is 5.78 Å². The Balaban J connectivity index is 1.93. The first-order valence-electron chi connectivity index (χ1n) is 9.29. The van der Waals surface area contributed by atoms with Crippen molar-refractivity contribution < 1.29 is 18.0 Å². The summed E-state index contributed by atoms with van der Waals surface area (Å²) in [5, 5.41) is 0. The molecule has 152 valence electrons. The zero-order chi connectivity index (χ0) is 21.2. The molecule has 4 nitrogen and oxygen atoms in total. The van der Waals surface area contributed by atoms with Gasteiger partial charge in [-0.1, -0.05) is 12.1 Å². The third kappa shape index (κ3) is 5.17. The highest BCUT2D eigenvalue weighted by atomic mass is 19.4. The average molecular weight is 401 g/mol. The van der Waals surface area contributed by atoms with Crippen LogP contribution in [0.3, 0.4) is 0 Å². The lowest BCUT2D eigenvalue weighted by molar-refractivity contribution is -0.141. The van der Waals surface area contributed by atoms with Crippen LogP contribution in [0.25, 0.3) is 12.2 Å². The predicted molar refractivity (Wildman–Crippen MR) is 106 cm³/mol. The number of pyridine rings is 2. The van der Waals surface area contributed by atoms with E-state index >= 15 is 0 Å². The fourth-order valence-electron chi connectivity index (χ4n) is 3.06. The largest absolute Gasteiger partial charge is 0.433 e. The lowest BCUT2D eigenvalue weighted by Gasteiger charge is -2.32. The lowest BCUT2D eigenvalue weighted by Crippen LogP contribution is -2.41. The van der Waals surface area contributed by atoms with Crippen molar-refractivity contribution in [3.8, 4) is 0 Å². The Hall–Kier alpha value is -2.80. The van der Waals surface area contributed by atoms with Crippen molar-refractivity contribution in [3.05, 3.63) is 70.3 Å². The molecule has 0 amide bonds. The number of ketones is 1. The summed E-state index contributed by atoms with van der Waals surface area (Å²) in [6.07, 6.45) is 1.81. The zero-order valence-corrected chi connectivity index (χ0v) is 16.5. The number of hydrogen-bond donors (Lipinski definition) is 0. The fraction of sp³-hybridized carbons (Fsp3) is 0.318. The van der Waals surface area contributed by atoms with Gasteiger partial charge in [-0.25, -0.2) is 0 Å². The van der Waals surface area contributed by atoms with Crippen LogP contribution in [0.1, 0.15) is 36.4 Å². The maximum absolute atomic E-state index is 13.0. The van der Waals surface area contributed by atoms with Crippen LogP contribution in [0, 0.1) is 6.92 Å². The molecule has 29 heavy (non-hydrogen) atoms. The number of aryl methyl sites for hydroxylation is 1. The van der Waals surface area contributed by atoms with Gasteiger partial charge in [-0.2, -0.15) is 13.2 Å². The van der Waals surface area contributed by atoms with Gasteiger partial charge in [0, 0.05) is 48.4 Å². The van der Waals surface area contributed by atoms with Gasteiger partial charge in [0.05, 0.1) is 0 Å². The van der Waals surface area contributed by atoms with Crippen molar-refractivity contribution in [2.75, 3.05) is 13.1 Å². The first kappa shape index (κ1) is 20.9. The fourth-order valence-corrected chi connectivity index (χ4v) is 3.06. The smallest absolute Gasteiger partial charge is 0.292 e. The van der Waals surface area contributed by atoms with Gasteiger partial charge >= 0.3 is 6.18 Å². The molecule has 0 saturated carbocycles. The molecular weight excluding hydrogens is 379 g/mol. The molecule has 2 aromatic heterocycles. The normalized spacial score (nSPS) is 18.8. The maximum Gasteiger partial charge on any atom is 0.433 e. The van der Waals surface area contributed by atoms with Crippen molar-refractivity contribution in [2.45, 2.75) is 33.0 Å². The predicted octanol–water partition coefficient (Wildman–Crippen LogP) is 4.56. The molecule has 1 aliphatic heterocycles. The summed E-state index contributed by atoms with van der Waals surface area (Å²) < 4.78 is 38.1. The van der Waals surface area contributed by atoms with Crippen LogP contribution in [0.4, 0.5) is 13.2 Å². The van der Waals surface area contributed by atoms with E-state index in [4.69, 9.17) is 0 Å². The molecule has 0 bridgehead atoms. The van der Waals surface area contributed by atoms with Gasteiger partial charge in [-0.05, 0) is 56.2 Å². The van der Waals surface area contributed by atoms with Gasteiger partial charge in [-0.15, -0.1) is 0 Å². The summed E-state index contributed by atoms with van der Waals surface area (Å²) in [4.78, 5) is 22.9. The number of halogens is 3. The number of rotatable bonds is 3. The summed E-state index contributed by atoms with van der Waals surface area (Å²) in [5.74, 6) is -0.109. The molecule has 2 aromatic rings. The van der Waals surface area contributed by atoms with Gasteiger partial charge in [-0.3, -0.25) is 19.7 Å². The Kier molecular flexibility index (Phi) is 5.98. The molecule has 1 aliphatic rings. The highest BCUT2D eigenvalue weighted by Crippen LogP contribution is 2.28. The molecular formula is C22H22F3N3O. The molecule has 0 radical (unpaired) electrons. The number of nitrogens with zero attached hydrogens (tertiary/aromatic N) is 3. The number of alkyl halides is 3. The Morgan fingerprint density at radius 2 is 1.52 bits per heavy atom. The second-order valence-electron chi connectivity index (χ2n) is 7.37. The van der Waals surface area contributed by atoms with Crippen LogP contribution >= 0.6 is 0 Å². The van der Waals surface area contributed by atoms with E-state index in [1.165, 1.54) is 6.07 Å². The number of Topliss-reactive ketones (excluding diaryl/α,β-unsaturated/α-hetero) is 1. The molecule has 7 heteroatoms. The summed E-state index contributed by atoms with van der Waals surface area (Å²) in [6, 6.07) is 6.24. The number of carbonyl (C=O) groups excluding carboxylic acids is 1. The molecule has 0 unspecified atom stereocenters. The van der Waals surface area contributed by atoms with E-state index in [0.29, 0.717) is 29.8 Å². The summed E-state index contributed by atoms with van der Waals surface area (Å²) in [5.41, 5.74) is 2.38. The molecule has 1 fully saturated rings. The standard InChI is InChI=1S/C22H22F3N3O/c1-14(2)28-12-18(8-16-5-4-15(3)26-10-16)21(29)19(13-28)9-17-6-7-20(27-11-17)22(23,24)25/h4-11,14H,12-13H2,1-3H3/b18-8+,19-9+. The molecule has 1 saturated heterocycles. The SMILES string of the molecule is Cc1ccc(/C=C2\CN(C(C)C)C/C(=C\c3ccc(C(F)(F)F)nc3)C2=O)cn1. The zero-order valence-electron chi connectivity index (χ0n) is 16.5. The van der Waals surface area contributed by atoms with Crippen molar-refractivity contribution >= 4 is 17.9 Å². The van der Waals surface area contributed by atoms with Crippen molar-refractivity contribution in [3.63, 3.8) is 0 Å². The second kappa shape index (κ2) is 8.29. The van der Waals surface area contributed by atoms with E-state index < -0.39 is 11.9 Å². The van der Waals surface area contributed by atoms with Crippen molar-refractivity contribution in [1.82, 2.24) is 14.9 Å². The third-order valence-corrected chi connectivity index (χ3v) is 4.75. The molecule has 0 atom stereocenters. The minimum atomic E-state index is -4.49. The van der Waals surface area contributed by atoms with Crippen LogP contribution in [0.5, 0.6) is 0 Å².